The standard InChI is InChI=1S/C16H26N2/c1-4-14-7-8-18(11-14)16-6-5-12(2)9-15(16)10-13(3)17/h5-6,9,13-14H,4,7-8,10-11,17H2,1-3H3. The quantitative estimate of drug-likeness (QED) is 0.884. The first-order valence-electron chi connectivity index (χ1n) is 7.20. The predicted octanol–water partition coefficient (Wildman–Crippen LogP) is 3.12. The molecule has 0 saturated carbocycles. The first kappa shape index (κ1) is 13.4. The Kier molecular flexibility index (Phi) is 4.28. The van der Waals surface area contributed by atoms with Gasteiger partial charge in [-0.3, -0.25) is 0 Å². The molecule has 1 aliphatic heterocycles. The van der Waals surface area contributed by atoms with Crippen molar-refractivity contribution < 1.29 is 0 Å². The summed E-state index contributed by atoms with van der Waals surface area (Å²) in [5, 5.41) is 0. The molecule has 0 bridgehead atoms. The Labute approximate surface area is 111 Å². The minimum Gasteiger partial charge on any atom is -0.371 e. The maximum atomic E-state index is 5.98. The third kappa shape index (κ3) is 3.05. The number of nitrogens with zero attached hydrogens (tertiary/aromatic N) is 1. The van der Waals surface area contributed by atoms with Gasteiger partial charge in [-0.2, -0.15) is 0 Å². The highest BCUT2D eigenvalue weighted by Crippen LogP contribution is 2.29. The number of nitrogens with two attached hydrogens (primary N) is 1. The van der Waals surface area contributed by atoms with E-state index >= 15 is 0 Å². The average molecular weight is 246 g/mol. The van der Waals surface area contributed by atoms with E-state index in [1.165, 1.54) is 42.7 Å². The van der Waals surface area contributed by atoms with Gasteiger partial charge in [0.25, 0.3) is 0 Å². The Morgan fingerprint density at radius 2 is 2.22 bits per heavy atom. The van der Waals surface area contributed by atoms with Crippen molar-refractivity contribution in [3.63, 3.8) is 0 Å². The van der Waals surface area contributed by atoms with Gasteiger partial charge in [-0.25, -0.2) is 0 Å². The molecule has 0 amide bonds. The smallest absolute Gasteiger partial charge is 0.0399 e. The van der Waals surface area contributed by atoms with E-state index in [0.717, 1.165) is 12.3 Å². The highest BCUT2D eigenvalue weighted by atomic mass is 15.2. The number of benzene rings is 1. The fourth-order valence-electron chi connectivity index (χ4n) is 2.92. The highest BCUT2D eigenvalue weighted by molar-refractivity contribution is 5.56. The van der Waals surface area contributed by atoms with Gasteiger partial charge >= 0.3 is 0 Å². The van der Waals surface area contributed by atoms with E-state index in [9.17, 15) is 0 Å². The summed E-state index contributed by atoms with van der Waals surface area (Å²) in [5.74, 6) is 0.870. The topological polar surface area (TPSA) is 29.3 Å². The second-order valence-corrected chi connectivity index (χ2v) is 5.82. The fourth-order valence-corrected chi connectivity index (χ4v) is 2.92. The molecule has 18 heavy (non-hydrogen) atoms. The second kappa shape index (κ2) is 5.75. The van der Waals surface area contributed by atoms with Crippen LogP contribution in [-0.2, 0) is 6.42 Å². The Morgan fingerprint density at radius 3 is 2.83 bits per heavy atom. The van der Waals surface area contributed by atoms with Crippen LogP contribution >= 0.6 is 0 Å². The van der Waals surface area contributed by atoms with Crippen molar-refractivity contribution in [3.05, 3.63) is 29.3 Å². The van der Waals surface area contributed by atoms with Crippen molar-refractivity contribution in [2.75, 3.05) is 18.0 Å². The maximum absolute atomic E-state index is 5.98. The second-order valence-electron chi connectivity index (χ2n) is 5.82. The number of rotatable bonds is 4. The molecule has 1 aliphatic rings. The zero-order valence-electron chi connectivity index (χ0n) is 11.9. The van der Waals surface area contributed by atoms with Crippen LogP contribution in [0.15, 0.2) is 18.2 Å². The monoisotopic (exact) mass is 246 g/mol. The lowest BCUT2D eigenvalue weighted by atomic mass is 10.0. The molecule has 0 aliphatic carbocycles. The molecule has 1 saturated heterocycles. The molecule has 0 radical (unpaired) electrons. The Hall–Kier alpha value is -1.02. The molecule has 1 fully saturated rings. The van der Waals surface area contributed by atoms with E-state index in [2.05, 4.69) is 43.9 Å². The van der Waals surface area contributed by atoms with Crippen LogP contribution in [0.1, 0.15) is 37.8 Å². The molecule has 2 N–H and O–H groups in total. The van der Waals surface area contributed by atoms with Crippen LogP contribution in [0.4, 0.5) is 5.69 Å². The van der Waals surface area contributed by atoms with Gasteiger partial charge in [-0.05, 0) is 44.2 Å². The zero-order chi connectivity index (χ0) is 13.1. The molecule has 0 aromatic heterocycles. The van der Waals surface area contributed by atoms with Crippen LogP contribution < -0.4 is 10.6 Å². The van der Waals surface area contributed by atoms with E-state index in [1.807, 2.05) is 0 Å². The highest BCUT2D eigenvalue weighted by Gasteiger charge is 2.22. The van der Waals surface area contributed by atoms with Crippen molar-refractivity contribution in [2.24, 2.45) is 11.7 Å². The lowest BCUT2D eigenvalue weighted by Crippen LogP contribution is -2.24. The lowest BCUT2D eigenvalue weighted by Gasteiger charge is -2.23. The van der Waals surface area contributed by atoms with Crippen LogP contribution in [-0.4, -0.2) is 19.1 Å². The SMILES string of the molecule is CCC1CCN(c2ccc(C)cc2CC(C)N)C1. The lowest BCUT2D eigenvalue weighted by molar-refractivity contribution is 0.569. The van der Waals surface area contributed by atoms with E-state index < -0.39 is 0 Å². The zero-order valence-corrected chi connectivity index (χ0v) is 11.9. The Bertz CT molecular complexity index is 398. The summed E-state index contributed by atoms with van der Waals surface area (Å²) in [6.07, 6.45) is 3.61. The summed E-state index contributed by atoms with van der Waals surface area (Å²) in [6, 6.07) is 7.04. The molecule has 2 nitrogen and oxygen atoms in total. The van der Waals surface area contributed by atoms with Gasteiger partial charge < -0.3 is 10.6 Å². The van der Waals surface area contributed by atoms with Crippen molar-refractivity contribution in [1.82, 2.24) is 0 Å². The van der Waals surface area contributed by atoms with Gasteiger partial charge in [0.05, 0.1) is 0 Å². The number of anilines is 1. The van der Waals surface area contributed by atoms with E-state index in [0.29, 0.717) is 0 Å². The van der Waals surface area contributed by atoms with Crippen molar-refractivity contribution in [2.45, 2.75) is 46.1 Å². The van der Waals surface area contributed by atoms with Crippen LogP contribution in [0.3, 0.4) is 0 Å². The molecule has 2 unspecified atom stereocenters. The predicted molar refractivity (Wildman–Crippen MR) is 79.1 cm³/mol. The molecule has 100 valence electrons. The molecule has 1 heterocycles. The fraction of sp³-hybridized carbons (Fsp3) is 0.625. The van der Waals surface area contributed by atoms with Gasteiger partial charge in [0.2, 0.25) is 0 Å². The van der Waals surface area contributed by atoms with Gasteiger partial charge in [0.15, 0.2) is 0 Å². The Balaban J connectivity index is 2.21. The molecule has 2 atom stereocenters. The van der Waals surface area contributed by atoms with Crippen LogP contribution in [0.2, 0.25) is 0 Å². The number of hydrogen-bond acceptors (Lipinski definition) is 2. The van der Waals surface area contributed by atoms with Crippen molar-refractivity contribution in [1.29, 1.82) is 0 Å². The van der Waals surface area contributed by atoms with Crippen LogP contribution in [0.5, 0.6) is 0 Å². The summed E-state index contributed by atoms with van der Waals surface area (Å²) in [4.78, 5) is 2.55. The van der Waals surface area contributed by atoms with Gasteiger partial charge in [0.1, 0.15) is 0 Å². The van der Waals surface area contributed by atoms with E-state index in [-0.39, 0.29) is 6.04 Å². The van der Waals surface area contributed by atoms with Gasteiger partial charge in [0, 0.05) is 24.8 Å². The molecular weight excluding hydrogens is 220 g/mol. The van der Waals surface area contributed by atoms with Crippen molar-refractivity contribution in [3.8, 4) is 0 Å². The third-order valence-corrected chi connectivity index (χ3v) is 3.98. The minimum absolute atomic E-state index is 0.232. The number of aryl methyl sites for hydroxylation is 1. The molecule has 0 spiro atoms. The summed E-state index contributed by atoms with van der Waals surface area (Å²) in [5.41, 5.74) is 10.1. The minimum atomic E-state index is 0.232. The summed E-state index contributed by atoms with van der Waals surface area (Å²) >= 11 is 0. The summed E-state index contributed by atoms with van der Waals surface area (Å²) < 4.78 is 0. The molecule has 1 aromatic carbocycles. The Morgan fingerprint density at radius 1 is 1.44 bits per heavy atom. The van der Waals surface area contributed by atoms with Gasteiger partial charge in [-0.15, -0.1) is 0 Å². The molecule has 1 aromatic rings. The van der Waals surface area contributed by atoms with E-state index in [1.54, 1.807) is 0 Å². The maximum Gasteiger partial charge on any atom is 0.0399 e. The normalized spacial score (nSPS) is 21.3. The van der Waals surface area contributed by atoms with Crippen LogP contribution in [0.25, 0.3) is 0 Å². The average Bonchev–Trinajstić information content (AvgIpc) is 2.77. The first-order chi connectivity index (χ1) is 8.60. The summed E-state index contributed by atoms with van der Waals surface area (Å²) in [7, 11) is 0. The number of hydrogen-bond donors (Lipinski definition) is 1. The molecular formula is C16H26N2. The third-order valence-electron chi connectivity index (χ3n) is 3.98. The van der Waals surface area contributed by atoms with Crippen LogP contribution in [0, 0.1) is 12.8 Å². The van der Waals surface area contributed by atoms with Gasteiger partial charge in [-0.1, -0.05) is 31.0 Å². The molecule has 2 heteroatoms. The summed E-state index contributed by atoms with van der Waals surface area (Å²) in [6.45, 7) is 8.96. The first-order valence-corrected chi connectivity index (χ1v) is 7.20. The van der Waals surface area contributed by atoms with Crippen molar-refractivity contribution >= 4 is 5.69 Å². The largest absolute Gasteiger partial charge is 0.371 e. The van der Waals surface area contributed by atoms with E-state index in [4.69, 9.17) is 5.73 Å². The molecule has 2 rings (SSSR count).